The highest BCUT2D eigenvalue weighted by Gasteiger charge is 2.40. The normalized spacial score (nSPS) is 30.5. The number of hydrogen-bond donors (Lipinski definition) is 2. The highest BCUT2D eigenvalue weighted by atomic mass is 16.2. The van der Waals surface area contributed by atoms with Crippen molar-refractivity contribution in [2.75, 3.05) is 19.6 Å². The minimum absolute atomic E-state index is 0.116. The summed E-state index contributed by atoms with van der Waals surface area (Å²) in [6.07, 6.45) is 6.91. The van der Waals surface area contributed by atoms with Gasteiger partial charge in [-0.2, -0.15) is 0 Å². The van der Waals surface area contributed by atoms with Crippen LogP contribution in [0.15, 0.2) is 0 Å². The number of carbonyl (C=O) groups excluding carboxylic acids is 1. The van der Waals surface area contributed by atoms with Gasteiger partial charge in [0.15, 0.2) is 0 Å². The molecular weight excluding hydrogens is 214 g/mol. The van der Waals surface area contributed by atoms with Crippen molar-refractivity contribution in [3.05, 3.63) is 0 Å². The van der Waals surface area contributed by atoms with Crippen LogP contribution in [0.1, 0.15) is 38.5 Å². The average Bonchev–Trinajstić information content (AvgIpc) is 3.04. The van der Waals surface area contributed by atoms with Gasteiger partial charge in [-0.05, 0) is 58.2 Å². The molecule has 2 aliphatic heterocycles. The molecule has 1 atom stereocenters. The first kappa shape index (κ1) is 11.5. The van der Waals surface area contributed by atoms with Gasteiger partial charge in [0.1, 0.15) is 0 Å². The van der Waals surface area contributed by atoms with Gasteiger partial charge in [-0.25, -0.2) is 0 Å². The number of hydrogen-bond acceptors (Lipinski definition) is 3. The smallest absolute Gasteiger partial charge is 0.240 e. The Labute approximate surface area is 103 Å². The first-order valence-electron chi connectivity index (χ1n) is 7.12. The number of nitrogens with zero attached hydrogens (tertiary/aromatic N) is 1. The molecule has 0 aromatic carbocycles. The van der Waals surface area contributed by atoms with E-state index >= 15 is 0 Å². The zero-order valence-electron chi connectivity index (χ0n) is 10.5. The van der Waals surface area contributed by atoms with E-state index in [1.807, 2.05) is 0 Å². The molecule has 2 heterocycles. The molecule has 96 valence electrons. The zero-order valence-corrected chi connectivity index (χ0v) is 10.5. The molecule has 0 aromatic heterocycles. The molecule has 3 aliphatic rings. The molecule has 1 unspecified atom stereocenters. The molecule has 1 saturated carbocycles. The summed E-state index contributed by atoms with van der Waals surface area (Å²) >= 11 is 0. The Morgan fingerprint density at radius 3 is 2.24 bits per heavy atom. The minimum atomic E-state index is 0.116. The van der Waals surface area contributed by atoms with E-state index in [1.165, 1.54) is 12.8 Å². The van der Waals surface area contributed by atoms with Gasteiger partial charge >= 0.3 is 0 Å². The second-order valence-corrected chi connectivity index (χ2v) is 5.61. The molecule has 1 amide bonds. The Bertz CT molecular complexity index is 278. The number of rotatable bonds is 3. The summed E-state index contributed by atoms with van der Waals surface area (Å²) in [5.41, 5.74) is 0. The molecule has 0 aromatic rings. The quantitative estimate of drug-likeness (QED) is 0.750. The Morgan fingerprint density at radius 2 is 1.65 bits per heavy atom. The SMILES string of the molecule is O=C(C1CCCN1)N(C1CCNCC1)C1CC1. The first-order chi connectivity index (χ1) is 8.36. The molecule has 0 radical (unpaired) electrons. The third-order valence-corrected chi connectivity index (χ3v) is 4.26. The summed E-state index contributed by atoms with van der Waals surface area (Å²) in [6.45, 7) is 3.15. The maximum atomic E-state index is 12.6. The van der Waals surface area contributed by atoms with Crippen LogP contribution in [0.2, 0.25) is 0 Å². The summed E-state index contributed by atoms with van der Waals surface area (Å²) in [6, 6.07) is 1.18. The van der Waals surface area contributed by atoms with Crippen LogP contribution in [0.3, 0.4) is 0 Å². The van der Waals surface area contributed by atoms with Gasteiger partial charge in [-0.1, -0.05) is 0 Å². The molecule has 2 N–H and O–H groups in total. The lowest BCUT2D eigenvalue weighted by Crippen LogP contribution is -2.52. The number of piperidine rings is 1. The summed E-state index contributed by atoms with van der Waals surface area (Å²) in [5, 5.41) is 6.74. The highest BCUT2D eigenvalue weighted by Crippen LogP contribution is 2.32. The topological polar surface area (TPSA) is 44.4 Å². The first-order valence-corrected chi connectivity index (χ1v) is 7.12. The molecular formula is C13H23N3O. The maximum Gasteiger partial charge on any atom is 0.240 e. The van der Waals surface area contributed by atoms with E-state index in [1.54, 1.807) is 0 Å². The Morgan fingerprint density at radius 1 is 0.941 bits per heavy atom. The lowest BCUT2D eigenvalue weighted by molar-refractivity contribution is -0.136. The van der Waals surface area contributed by atoms with Gasteiger partial charge in [0.2, 0.25) is 5.91 Å². The van der Waals surface area contributed by atoms with Gasteiger partial charge in [-0.3, -0.25) is 4.79 Å². The lowest BCUT2D eigenvalue weighted by Gasteiger charge is -2.36. The monoisotopic (exact) mass is 237 g/mol. The van der Waals surface area contributed by atoms with Gasteiger partial charge in [0.05, 0.1) is 6.04 Å². The van der Waals surface area contributed by atoms with E-state index in [2.05, 4.69) is 15.5 Å². The van der Waals surface area contributed by atoms with Crippen LogP contribution in [-0.2, 0) is 4.79 Å². The van der Waals surface area contributed by atoms with E-state index in [0.717, 1.165) is 45.3 Å². The predicted octanol–water partition coefficient (Wildman–Crippen LogP) is 0.481. The van der Waals surface area contributed by atoms with E-state index in [4.69, 9.17) is 0 Å². The highest BCUT2D eigenvalue weighted by molar-refractivity contribution is 5.83. The van der Waals surface area contributed by atoms with Crippen molar-refractivity contribution in [3.63, 3.8) is 0 Å². The fraction of sp³-hybridized carbons (Fsp3) is 0.923. The van der Waals surface area contributed by atoms with E-state index in [-0.39, 0.29) is 6.04 Å². The molecule has 4 heteroatoms. The molecule has 17 heavy (non-hydrogen) atoms. The minimum Gasteiger partial charge on any atom is -0.335 e. The van der Waals surface area contributed by atoms with Crippen molar-refractivity contribution < 1.29 is 4.79 Å². The van der Waals surface area contributed by atoms with E-state index in [9.17, 15) is 4.79 Å². The van der Waals surface area contributed by atoms with Crippen molar-refractivity contribution in [1.82, 2.24) is 15.5 Å². The Kier molecular flexibility index (Phi) is 3.34. The van der Waals surface area contributed by atoms with Crippen LogP contribution < -0.4 is 10.6 Å². The number of nitrogens with one attached hydrogen (secondary N) is 2. The fourth-order valence-electron chi connectivity index (χ4n) is 3.17. The van der Waals surface area contributed by atoms with Crippen molar-refractivity contribution >= 4 is 5.91 Å². The van der Waals surface area contributed by atoms with Crippen molar-refractivity contribution in [2.45, 2.75) is 56.7 Å². The molecule has 0 spiro atoms. The predicted molar refractivity (Wildman–Crippen MR) is 66.8 cm³/mol. The van der Waals surface area contributed by atoms with Crippen LogP contribution >= 0.6 is 0 Å². The molecule has 3 fully saturated rings. The zero-order chi connectivity index (χ0) is 11.7. The van der Waals surface area contributed by atoms with Gasteiger partial charge in [-0.15, -0.1) is 0 Å². The van der Waals surface area contributed by atoms with Gasteiger partial charge in [0.25, 0.3) is 0 Å². The molecule has 0 bridgehead atoms. The van der Waals surface area contributed by atoms with E-state index in [0.29, 0.717) is 18.0 Å². The molecule has 3 rings (SSSR count). The summed E-state index contributed by atoms with van der Waals surface area (Å²) < 4.78 is 0. The van der Waals surface area contributed by atoms with Crippen LogP contribution in [0.25, 0.3) is 0 Å². The van der Waals surface area contributed by atoms with E-state index < -0.39 is 0 Å². The molecule has 1 aliphatic carbocycles. The summed E-state index contributed by atoms with van der Waals surface area (Å²) in [7, 11) is 0. The van der Waals surface area contributed by atoms with Crippen molar-refractivity contribution in [1.29, 1.82) is 0 Å². The van der Waals surface area contributed by atoms with Crippen LogP contribution in [0.5, 0.6) is 0 Å². The van der Waals surface area contributed by atoms with Gasteiger partial charge in [0, 0.05) is 12.1 Å². The third kappa shape index (κ3) is 2.47. The van der Waals surface area contributed by atoms with Crippen molar-refractivity contribution in [2.24, 2.45) is 0 Å². The van der Waals surface area contributed by atoms with Crippen molar-refractivity contribution in [3.8, 4) is 0 Å². The fourth-order valence-corrected chi connectivity index (χ4v) is 3.17. The second kappa shape index (κ2) is 4.94. The molecule has 2 saturated heterocycles. The third-order valence-electron chi connectivity index (χ3n) is 4.26. The number of carbonyl (C=O) groups is 1. The number of amides is 1. The lowest BCUT2D eigenvalue weighted by atomic mass is 10.0. The van der Waals surface area contributed by atoms with Crippen LogP contribution in [0.4, 0.5) is 0 Å². The Balaban J connectivity index is 1.67. The largest absolute Gasteiger partial charge is 0.335 e. The standard InChI is InChI=1S/C13H23N3O/c17-13(12-2-1-7-15-12)16(10-3-4-10)11-5-8-14-9-6-11/h10-12,14-15H,1-9H2. The maximum absolute atomic E-state index is 12.6. The summed E-state index contributed by atoms with van der Waals surface area (Å²) in [4.78, 5) is 14.8. The molecule has 4 nitrogen and oxygen atoms in total. The van der Waals surface area contributed by atoms with Crippen LogP contribution in [-0.4, -0.2) is 48.6 Å². The van der Waals surface area contributed by atoms with Crippen LogP contribution in [0, 0.1) is 0 Å². The summed E-state index contributed by atoms with van der Waals surface area (Å²) in [5.74, 6) is 0.386. The average molecular weight is 237 g/mol. The second-order valence-electron chi connectivity index (χ2n) is 5.61. The Hall–Kier alpha value is -0.610. The van der Waals surface area contributed by atoms with Gasteiger partial charge < -0.3 is 15.5 Å².